The van der Waals surface area contributed by atoms with Crippen molar-refractivity contribution in [3.63, 3.8) is 0 Å². The van der Waals surface area contributed by atoms with E-state index in [1.807, 2.05) is 0 Å². The first-order valence-corrected chi connectivity index (χ1v) is 5.98. The molecule has 1 N–H and O–H groups in total. The number of alkyl halides is 1. The number of rotatable bonds is 5. The van der Waals surface area contributed by atoms with E-state index in [1.54, 1.807) is 24.3 Å². The van der Waals surface area contributed by atoms with Gasteiger partial charge in [-0.15, -0.1) is 0 Å². The van der Waals surface area contributed by atoms with Gasteiger partial charge in [0.05, 0.1) is 6.67 Å². The highest BCUT2D eigenvalue weighted by molar-refractivity contribution is 5.29. The lowest BCUT2D eigenvalue weighted by Gasteiger charge is -2.15. The van der Waals surface area contributed by atoms with Gasteiger partial charge in [-0.1, -0.05) is 0 Å². The Morgan fingerprint density at radius 2 is 2.12 bits per heavy atom. The Labute approximate surface area is 101 Å². The quantitative estimate of drug-likeness (QED) is 0.853. The minimum absolute atomic E-state index is 0.212. The predicted octanol–water partition coefficient (Wildman–Crippen LogP) is 2.06. The van der Waals surface area contributed by atoms with Crippen LogP contribution in [0.15, 0.2) is 24.3 Å². The molecule has 1 aliphatic rings. The average Bonchev–Trinajstić information content (AvgIpc) is 2.80. The number of phenols is 1. The summed E-state index contributed by atoms with van der Waals surface area (Å²) < 4.78 is 18.0. The third kappa shape index (κ3) is 3.60. The number of phenolic OH excluding ortho intramolecular Hbond substituents is 1. The Balaban J connectivity index is 1.68. The first-order chi connectivity index (χ1) is 8.28. The molecule has 0 spiro atoms. The summed E-state index contributed by atoms with van der Waals surface area (Å²) in [4.78, 5) is 2.23. The zero-order valence-electron chi connectivity index (χ0n) is 9.81. The minimum Gasteiger partial charge on any atom is -0.508 e. The van der Waals surface area contributed by atoms with Gasteiger partial charge in [-0.2, -0.15) is 0 Å². The second-order valence-electron chi connectivity index (χ2n) is 4.45. The van der Waals surface area contributed by atoms with Crippen molar-refractivity contribution in [2.75, 3.05) is 32.9 Å². The Morgan fingerprint density at radius 3 is 2.76 bits per heavy atom. The van der Waals surface area contributed by atoms with Crippen molar-refractivity contribution in [2.45, 2.75) is 6.42 Å². The van der Waals surface area contributed by atoms with Crippen molar-refractivity contribution in [3.05, 3.63) is 24.3 Å². The molecule has 1 aromatic rings. The molecule has 0 amide bonds. The van der Waals surface area contributed by atoms with Gasteiger partial charge in [-0.3, -0.25) is 9.29 Å². The van der Waals surface area contributed by atoms with E-state index in [0.29, 0.717) is 6.61 Å². The lowest BCUT2D eigenvalue weighted by Crippen LogP contribution is -2.26. The van der Waals surface area contributed by atoms with Crippen LogP contribution >= 0.6 is 0 Å². The number of halogens is 1. The fourth-order valence-electron chi connectivity index (χ4n) is 2.08. The van der Waals surface area contributed by atoms with Crippen LogP contribution in [0.2, 0.25) is 0 Å². The van der Waals surface area contributed by atoms with Gasteiger partial charge in [-0.25, -0.2) is 0 Å². The molecule has 94 valence electrons. The van der Waals surface area contributed by atoms with Crippen molar-refractivity contribution < 1.29 is 14.2 Å². The summed E-state index contributed by atoms with van der Waals surface area (Å²) in [7, 11) is 0. The third-order valence-corrected chi connectivity index (χ3v) is 3.10. The van der Waals surface area contributed by atoms with E-state index >= 15 is 0 Å². The zero-order valence-corrected chi connectivity index (χ0v) is 9.81. The van der Waals surface area contributed by atoms with Crippen molar-refractivity contribution in [2.24, 2.45) is 5.92 Å². The second kappa shape index (κ2) is 5.87. The maximum Gasteiger partial charge on any atom is 0.119 e. The van der Waals surface area contributed by atoms with E-state index in [0.717, 1.165) is 31.8 Å². The van der Waals surface area contributed by atoms with Crippen LogP contribution in [0, 0.1) is 5.92 Å². The third-order valence-electron chi connectivity index (χ3n) is 3.10. The molecule has 1 heterocycles. The van der Waals surface area contributed by atoms with Crippen molar-refractivity contribution in [1.29, 1.82) is 0 Å². The highest BCUT2D eigenvalue weighted by atomic mass is 19.1. The zero-order chi connectivity index (χ0) is 12.1. The molecule has 0 radical (unpaired) electrons. The summed E-state index contributed by atoms with van der Waals surface area (Å²) in [5.74, 6) is 1.20. The van der Waals surface area contributed by atoms with Crippen LogP contribution in [0.5, 0.6) is 11.5 Å². The summed E-state index contributed by atoms with van der Waals surface area (Å²) in [5, 5.41) is 9.11. The van der Waals surface area contributed by atoms with Crippen LogP contribution in [0.3, 0.4) is 0 Å². The fraction of sp³-hybridized carbons (Fsp3) is 0.538. The Morgan fingerprint density at radius 1 is 1.35 bits per heavy atom. The van der Waals surface area contributed by atoms with E-state index in [2.05, 4.69) is 4.90 Å². The molecule has 0 aliphatic carbocycles. The first-order valence-electron chi connectivity index (χ1n) is 5.98. The number of hydrogen-bond acceptors (Lipinski definition) is 3. The summed E-state index contributed by atoms with van der Waals surface area (Å²) in [6, 6.07) is 6.68. The van der Waals surface area contributed by atoms with E-state index in [9.17, 15) is 4.39 Å². The lowest BCUT2D eigenvalue weighted by molar-refractivity contribution is 0.228. The van der Waals surface area contributed by atoms with Gasteiger partial charge in [0.2, 0.25) is 0 Å². The summed E-state index contributed by atoms with van der Waals surface area (Å²) in [6.07, 6.45) is 0.954. The molecule has 0 saturated carbocycles. The standard InChI is InChI=1S/C13H18FNO2/c14-9-11-5-6-15(10-11)7-8-17-13-3-1-12(16)2-4-13/h1-4,11,16H,5-10H2/t11-/m0/s1. The first kappa shape index (κ1) is 12.2. The van der Waals surface area contributed by atoms with E-state index in [1.165, 1.54) is 0 Å². The number of benzene rings is 1. The smallest absolute Gasteiger partial charge is 0.119 e. The topological polar surface area (TPSA) is 32.7 Å². The molecule has 3 nitrogen and oxygen atoms in total. The van der Waals surface area contributed by atoms with E-state index < -0.39 is 0 Å². The minimum atomic E-state index is -0.213. The van der Waals surface area contributed by atoms with Crippen molar-refractivity contribution >= 4 is 0 Å². The van der Waals surface area contributed by atoms with Crippen LogP contribution in [0.25, 0.3) is 0 Å². The van der Waals surface area contributed by atoms with Gasteiger partial charge in [0.1, 0.15) is 18.1 Å². The monoisotopic (exact) mass is 239 g/mol. The highest BCUT2D eigenvalue weighted by Gasteiger charge is 2.21. The fourth-order valence-corrected chi connectivity index (χ4v) is 2.08. The Kier molecular flexibility index (Phi) is 4.20. The van der Waals surface area contributed by atoms with Gasteiger partial charge in [-0.05, 0) is 37.2 Å². The summed E-state index contributed by atoms with van der Waals surface area (Å²) in [6.45, 7) is 3.03. The number of hydrogen-bond donors (Lipinski definition) is 1. The normalized spacial score (nSPS) is 20.6. The number of nitrogens with zero attached hydrogens (tertiary/aromatic N) is 1. The summed E-state index contributed by atoms with van der Waals surface area (Å²) >= 11 is 0. The van der Waals surface area contributed by atoms with Crippen LogP contribution < -0.4 is 4.74 Å². The second-order valence-corrected chi connectivity index (χ2v) is 4.45. The van der Waals surface area contributed by atoms with Crippen LogP contribution in [-0.4, -0.2) is 42.9 Å². The maximum absolute atomic E-state index is 12.4. The number of likely N-dealkylation sites (tertiary alicyclic amines) is 1. The number of aromatic hydroxyl groups is 1. The van der Waals surface area contributed by atoms with Gasteiger partial charge in [0, 0.05) is 19.0 Å². The van der Waals surface area contributed by atoms with Crippen LogP contribution in [-0.2, 0) is 0 Å². The molecule has 0 bridgehead atoms. The molecule has 0 unspecified atom stereocenters. The molecule has 0 aromatic heterocycles. The molecule has 2 rings (SSSR count). The van der Waals surface area contributed by atoms with Gasteiger partial charge < -0.3 is 9.84 Å². The van der Waals surface area contributed by atoms with Crippen molar-refractivity contribution in [3.8, 4) is 11.5 Å². The van der Waals surface area contributed by atoms with Gasteiger partial charge in [0.25, 0.3) is 0 Å². The molecule has 1 saturated heterocycles. The molecular weight excluding hydrogens is 221 g/mol. The molecule has 17 heavy (non-hydrogen) atoms. The lowest BCUT2D eigenvalue weighted by atomic mass is 10.1. The largest absolute Gasteiger partial charge is 0.508 e. The molecular formula is C13H18FNO2. The van der Waals surface area contributed by atoms with E-state index in [4.69, 9.17) is 9.84 Å². The highest BCUT2D eigenvalue weighted by Crippen LogP contribution is 2.17. The molecule has 1 aromatic carbocycles. The molecule has 1 aliphatic heterocycles. The van der Waals surface area contributed by atoms with E-state index in [-0.39, 0.29) is 18.3 Å². The molecule has 1 atom stereocenters. The van der Waals surface area contributed by atoms with Crippen LogP contribution in [0.1, 0.15) is 6.42 Å². The predicted molar refractivity (Wildman–Crippen MR) is 64.1 cm³/mol. The average molecular weight is 239 g/mol. The molecule has 4 heteroatoms. The summed E-state index contributed by atoms with van der Waals surface area (Å²) in [5.41, 5.74) is 0. The van der Waals surface area contributed by atoms with Crippen LogP contribution in [0.4, 0.5) is 4.39 Å². The molecule has 1 fully saturated rings. The Bertz CT molecular complexity index is 342. The number of ether oxygens (including phenoxy) is 1. The van der Waals surface area contributed by atoms with Gasteiger partial charge >= 0.3 is 0 Å². The Hall–Kier alpha value is -1.29. The van der Waals surface area contributed by atoms with Gasteiger partial charge in [0.15, 0.2) is 0 Å². The van der Waals surface area contributed by atoms with Crippen molar-refractivity contribution in [1.82, 2.24) is 4.90 Å². The SMILES string of the molecule is Oc1ccc(OCCN2CC[C@@H](CF)C2)cc1. The maximum atomic E-state index is 12.4.